The molecule has 4 saturated heterocycles. The lowest BCUT2D eigenvalue weighted by atomic mass is 9.95. The number of benzene rings is 1. The predicted molar refractivity (Wildman–Crippen MR) is 171 cm³/mol. The number of alkyl halides is 1. The maximum absolute atomic E-state index is 17.3. The molecule has 250 valence electrons. The summed E-state index contributed by atoms with van der Waals surface area (Å²) in [6, 6.07) is 2.65. The number of nitrogens with one attached hydrogen (secondary N) is 1. The second kappa shape index (κ2) is 10.6. The molecule has 1 aromatic carbocycles. The molecule has 4 atom stereocenters. The molecule has 0 amide bonds. The first-order valence-electron chi connectivity index (χ1n) is 16.3. The summed E-state index contributed by atoms with van der Waals surface area (Å²) in [7, 11) is -4.42. The highest BCUT2D eigenvalue weighted by molar-refractivity contribution is 7.89. The van der Waals surface area contributed by atoms with Crippen molar-refractivity contribution in [3.05, 3.63) is 29.2 Å². The number of fused-ring (bicyclic) bond motifs is 5. The van der Waals surface area contributed by atoms with Gasteiger partial charge >= 0.3 is 6.01 Å². The second-order valence-corrected chi connectivity index (χ2v) is 16.7. The minimum atomic E-state index is -4.42. The molecule has 5 aliphatic heterocycles. The number of thiazole rings is 1. The quantitative estimate of drug-likeness (QED) is 0.377. The first-order chi connectivity index (χ1) is 22.6. The van der Waals surface area contributed by atoms with E-state index in [1.165, 1.54) is 12.1 Å². The Kier molecular flexibility index (Phi) is 6.77. The minimum Gasteiger partial charge on any atom is -0.461 e. The van der Waals surface area contributed by atoms with Crippen molar-refractivity contribution >= 4 is 54.1 Å². The lowest BCUT2D eigenvalue weighted by Crippen LogP contribution is -2.52. The summed E-state index contributed by atoms with van der Waals surface area (Å²) in [6.07, 6.45) is 4.54. The van der Waals surface area contributed by atoms with Gasteiger partial charge in [-0.2, -0.15) is 9.97 Å². The number of halogens is 3. The normalized spacial score (nSPS) is 30.0. The molecular weight excluding hydrogens is 654 g/mol. The zero-order valence-corrected chi connectivity index (χ0v) is 27.2. The molecule has 9 rings (SSSR count). The van der Waals surface area contributed by atoms with E-state index in [1.54, 1.807) is 0 Å². The van der Waals surface area contributed by atoms with Crippen molar-refractivity contribution in [2.45, 2.75) is 73.6 Å². The van der Waals surface area contributed by atoms with Crippen LogP contribution in [0.5, 0.6) is 6.01 Å². The van der Waals surface area contributed by atoms with E-state index < -0.39 is 39.1 Å². The molecule has 7 heterocycles. The van der Waals surface area contributed by atoms with Crippen molar-refractivity contribution in [2.24, 2.45) is 5.92 Å². The summed E-state index contributed by atoms with van der Waals surface area (Å²) in [4.78, 5) is 17.1. The molecule has 2 aromatic heterocycles. The van der Waals surface area contributed by atoms with Crippen molar-refractivity contribution in [3.63, 3.8) is 0 Å². The Labute approximate surface area is 274 Å². The van der Waals surface area contributed by atoms with Gasteiger partial charge in [-0.1, -0.05) is 11.3 Å². The third-order valence-electron chi connectivity index (χ3n) is 10.7. The maximum atomic E-state index is 17.3. The molecule has 3 N–H and O–H groups in total. The summed E-state index contributed by atoms with van der Waals surface area (Å²) >= 11 is 0.917. The second-order valence-electron chi connectivity index (χ2n) is 13.9. The Morgan fingerprint density at radius 3 is 2.64 bits per heavy atom. The highest BCUT2D eigenvalue weighted by Crippen LogP contribution is 2.49. The third kappa shape index (κ3) is 4.80. The fourth-order valence-corrected chi connectivity index (χ4v) is 10.9. The van der Waals surface area contributed by atoms with Crippen LogP contribution >= 0.6 is 11.3 Å². The Morgan fingerprint density at radius 1 is 1.09 bits per heavy atom. The number of nitrogen functional groups attached to an aromatic ring is 1. The SMILES string of the molecule is Nc1nc2c(C3=C(F)c4nc(OC[C@@]56CCCN5C[C@H](F)C6)nc(N5CC6CCC(C5)N6)c4S(=O)(=O)N3CC3CC3)ccc(F)c2s1. The first-order valence-corrected chi connectivity index (χ1v) is 18.6. The minimum absolute atomic E-state index is 0.0481. The van der Waals surface area contributed by atoms with Crippen LogP contribution in [0.4, 0.5) is 24.1 Å². The molecule has 2 bridgehead atoms. The summed E-state index contributed by atoms with van der Waals surface area (Å²) in [5.41, 5.74) is 5.01. The highest BCUT2D eigenvalue weighted by Gasteiger charge is 2.50. The third-order valence-corrected chi connectivity index (χ3v) is 13.4. The zero-order valence-electron chi connectivity index (χ0n) is 25.6. The smallest absolute Gasteiger partial charge is 0.319 e. The van der Waals surface area contributed by atoms with Gasteiger partial charge in [0.2, 0.25) is 0 Å². The maximum Gasteiger partial charge on any atom is 0.319 e. The molecule has 47 heavy (non-hydrogen) atoms. The van der Waals surface area contributed by atoms with Crippen LogP contribution in [0.2, 0.25) is 0 Å². The van der Waals surface area contributed by atoms with Gasteiger partial charge in [-0.25, -0.2) is 26.6 Å². The van der Waals surface area contributed by atoms with Crippen molar-refractivity contribution in [2.75, 3.05) is 50.0 Å². The van der Waals surface area contributed by atoms with Gasteiger partial charge in [-0.15, -0.1) is 0 Å². The molecule has 6 aliphatic rings. The molecule has 5 fully saturated rings. The lowest BCUT2D eigenvalue weighted by molar-refractivity contribution is 0.107. The summed E-state index contributed by atoms with van der Waals surface area (Å²) in [6.45, 7) is 2.25. The monoisotopic (exact) mass is 688 g/mol. The van der Waals surface area contributed by atoms with Crippen molar-refractivity contribution in [1.29, 1.82) is 0 Å². The average molecular weight is 689 g/mol. The summed E-state index contributed by atoms with van der Waals surface area (Å²) in [5.74, 6) is -1.31. The Bertz CT molecular complexity index is 1930. The molecule has 0 spiro atoms. The van der Waals surface area contributed by atoms with Gasteiger partial charge in [-0.05, 0) is 63.1 Å². The molecule has 1 aliphatic carbocycles. The molecule has 16 heteroatoms. The van der Waals surface area contributed by atoms with E-state index >= 15 is 4.39 Å². The fraction of sp³-hybridized carbons (Fsp3) is 0.581. The van der Waals surface area contributed by atoms with Crippen LogP contribution in [0.3, 0.4) is 0 Å². The summed E-state index contributed by atoms with van der Waals surface area (Å²) < 4.78 is 83.7. The van der Waals surface area contributed by atoms with Crippen LogP contribution < -0.4 is 20.7 Å². The van der Waals surface area contributed by atoms with E-state index in [2.05, 4.69) is 20.2 Å². The Morgan fingerprint density at radius 2 is 1.87 bits per heavy atom. The van der Waals surface area contributed by atoms with Gasteiger partial charge in [0.25, 0.3) is 10.0 Å². The van der Waals surface area contributed by atoms with Gasteiger partial charge in [0.15, 0.2) is 21.7 Å². The number of ether oxygens (including phenoxy) is 1. The average Bonchev–Trinajstić information content (AvgIpc) is 3.30. The molecule has 1 saturated carbocycles. The highest BCUT2D eigenvalue weighted by atomic mass is 32.2. The zero-order chi connectivity index (χ0) is 32.2. The number of anilines is 2. The van der Waals surface area contributed by atoms with Crippen molar-refractivity contribution in [1.82, 2.24) is 29.5 Å². The number of rotatable bonds is 7. The number of aromatic nitrogens is 3. The number of piperazine rings is 1. The Hall–Kier alpha value is -3.21. The molecule has 0 radical (unpaired) electrons. The van der Waals surface area contributed by atoms with Crippen LogP contribution in [0.15, 0.2) is 17.0 Å². The van der Waals surface area contributed by atoms with Crippen LogP contribution in [0.1, 0.15) is 56.2 Å². The largest absolute Gasteiger partial charge is 0.461 e. The van der Waals surface area contributed by atoms with E-state index in [9.17, 15) is 17.2 Å². The molecule has 3 aromatic rings. The fourth-order valence-electron chi connectivity index (χ4n) is 8.31. The van der Waals surface area contributed by atoms with E-state index in [0.717, 1.165) is 60.7 Å². The predicted octanol–water partition coefficient (Wildman–Crippen LogP) is 3.91. The molecule has 11 nitrogen and oxygen atoms in total. The van der Waals surface area contributed by atoms with Gasteiger partial charge < -0.3 is 20.7 Å². The van der Waals surface area contributed by atoms with Crippen LogP contribution in [0, 0.1) is 11.7 Å². The van der Waals surface area contributed by atoms with Crippen molar-refractivity contribution < 1.29 is 26.3 Å². The van der Waals surface area contributed by atoms with Gasteiger partial charge in [-0.3, -0.25) is 9.21 Å². The number of nitrogens with two attached hydrogens (primary N) is 1. The van der Waals surface area contributed by atoms with E-state index in [4.69, 9.17) is 15.5 Å². The molecule has 2 unspecified atom stereocenters. The van der Waals surface area contributed by atoms with E-state index in [0.29, 0.717) is 26.1 Å². The number of nitrogens with zero attached hydrogens (tertiary/aromatic N) is 6. The number of hydrogen-bond donors (Lipinski definition) is 2. The standard InChI is InChI=1S/C31H35F3N8O3S2/c32-17-10-31(8-1-9-41(31)12-17)15-45-30-38-24-22(34)25(20-6-7-21(33)26-23(20)37-29(35)46-26)42(11-16-2-3-16)47(43,44)27(24)28(39-30)40-13-18-4-5-19(14-40)36-18/h6-7,16-19,36H,1-5,8-15H2,(H2,35,37)/t17-,18?,19?,31+/m1/s1. The van der Waals surface area contributed by atoms with Crippen molar-refractivity contribution in [3.8, 4) is 6.01 Å². The number of sulfonamides is 1. The van der Waals surface area contributed by atoms with Crippen LogP contribution in [-0.2, 0) is 10.0 Å². The lowest BCUT2D eigenvalue weighted by Gasteiger charge is -2.38. The van der Waals surface area contributed by atoms with E-state index in [-0.39, 0.29) is 74.5 Å². The van der Waals surface area contributed by atoms with Gasteiger partial charge in [0.05, 0.1) is 21.5 Å². The number of hydrogen-bond acceptors (Lipinski definition) is 11. The van der Waals surface area contributed by atoms with Gasteiger partial charge in [0.1, 0.15) is 24.3 Å². The Balaban J connectivity index is 1.23. The van der Waals surface area contributed by atoms with Gasteiger partial charge in [0, 0.05) is 50.2 Å². The van der Waals surface area contributed by atoms with E-state index in [1.807, 2.05) is 4.90 Å². The summed E-state index contributed by atoms with van der Waals surface area (Å²) in [5, 5.41) is 3.63. The van der Waals surface area contributed by atoms with Crippen LogP contribution in [0.25, 0.3) is 21.7 Å². The first kappa shape index (κ1) is 29.9. The topological polar surface area (TPSA) is 130 Å². The van der Waals surface area contributed by atoms with Crippen LogP contribution in [-0.4, -0.2) is 95.7 Å². The molecular formula is C31H35F3N8O3S2.